The third kappa shape index (κ3) is 2.71. The van der Waals surface area contributed by atoms with Gasteiger partial charge in [-0.05, 0) is 31.7 Å². The summed E-state index contributed by atoms with van der Waals surface area (Å²) in [7, 11) is 1.82. The first kappa shape index (κ1) is 12.5. The van der Waals surface area contributed by atoms with Gasteiger partial charge in [0.25, 0.3) is 0 Å². The topological polar surface area (TPSA) is 67.3 Å². The summed E-state index contributed by atoms with van der Waals surface area (Å²) in [5, 5.41) is 4.37. The van der Waals surface area contributed by atoms with Crippen LogP contribution in [0.3, 0.4) is 0 Å². The molecule has 0 bridgehead atoms. The predicted molar refractivity (Wildman–Crippen MR) is 63.8 cm³/mol. The number of rotatable bonds is 4. The number of hydrogen-bond acceptors (Lipinski definition) is 4. The molecule has 0 aliphatic rings. The summed E-state index contributed by atoms with van der Waals surface area (Å²) in [6.07, 6.45) is 1.38. The van der Waals surface area contributed by atoms with Crippen molar-refractivity contribution in [2.45, 2.75) is 13.5 Å². The highest BCUT2D eigenvalue weighted by atomic mass is 19.1. The molecule has 0 radical (unpaired) electrons. The molecule has 0 saturated heterocycles. The van der Waals surface area contributed by atoms with Gasteiger partial charge in [-0.25, -0.2) is 10.2 Å². The zero-order valence-corrected chi connectivity index (χ0v) is 9.50. The molecular formula is C11H17FN4. The summed E-state index contributed by atoms with van der Waals surface area (Å²) in [5.74, 6) is 5.52. The van der Waals surface area contributed by atoms with Crippen LogP contribution < -0.4 is 21.9 Å². The van der Waals surface area contributed by atoms with Crippen LogP contribution in [0.25, 0.3) is 0 Å². The number of hydrogen-bond donors (Lipinski definition) is 3. The molecule has 0 spiro atoms. The molecular weight excluding hydrogens is 207 g/mol. The fourth-order valence-electron chi connectivity index (χ4n) is 1.37. The number of benzene rings is 1. The number of nitrogens with one attached hydrogen (secondary N) is 1. The van der Waals surface area contributed by atoms with E-state index in [9.17, 15) is 4.39 Å². The molecule has 0 amide bonds. The summed E-state index contributed by atoms with van der Waals surface area (Å²) in [5.41, 5.74) is 7.55. The van der Waals surface area contributed by atoms with Crippen LogP contribution in [-0.2, 0) is 6.54 Å². The van der Waals surface area contributed by atoms with Crippen molar-refractivity contribution in [3.05, 3.63) is 41.5 Å². The number of allylic oxidation sites excluding steroid dienone is 1. The van der Waals surface area contributed by atoms with Gasteiger partial charge in [0.15, 0.2) is 0 Å². The maximum Gasteiger partial charge on any atom is 0.125 e. The number of halogens is 1. The van der Waals surface area contributed by atoms with Crippen LogP contribution in [0.1, 0.15) is 12.5 Å². The monoisotopic (exact) mass is 224 g/mol. The molecule has 0 heterocycles. The molecule has 0 aliphatic heterocycles. The molecule has 4 nitrogen and oxygen atoms in total. The third-order valence-electron chi connectivity index (χ3n) is 2.30. The minimum Gasteiger partial charge on any atom is -0.403 e. The normalized spacial score (nSPS) is 11.6. The van der Waals surface area contributed by atoms with Crippen LogP contribution in [0.5, 0.6) is 0 Å². The molecule has 5 heteroatoms. The van der Waals surface area contributed by atoms with E-state index in [0.29, 0.717) is 17.9 Å². The molecule has 0 unspecified atom stereocenters. The van der Waals surface area contributed by atoms with Crippen molar-refractivity contribution in [1.82, 2.24) is 5.32 Å². The lowest BCUT2D eigenvalue weighted by Crippen LogP contribution is -2.31. The molecule has 0 saturated carbocycles. The van der Waals surface area contributed by atoms with Gasteiger partial charge in [-0.2, -0.15) is 0 Å². The molecule has 0 aliphatic carbocycles. The smallest absolute Gasteiger partial charge is 0.125 e. The lowest BCUT2D eigenvalue weighted by Gasteiger charge is -2.22. The van der Waals surface area contributed by atoms with E-state index in [1.54, 1.807) is 13.0 Å². The Morgan fingerprint density at radius 1 is 1.56 bits per heavy atom. The molecule has 0 fully saturated rings. The van der Waals surface area contributed by atoms with Gasteiger partial charge < -0.3 is 11.1 Å². The molecule has 1 aromatic carbocycles. The maximum absolute atomic E-state index is 13.2. The first-order chi connectivity index (χ1) is 7.60. The Bertz CT molecular complexity index is 390. The third-order valence-corrected chi connectivity index (χ3v) is 2.30. The van der Waals surface area contributed by atoms with Crippen molar-refractivity contribution < 1.29 is 4.39 Å². The number of hydrazine groups is 1. The van der Waals surface area contributed by atoms with Crippen molar-refractivity contribution in [3.8, 4) is 0 Å². The van der Waals surface area contributed by atoms with Gasteiger partial charge in [0, 0.05) is 18.4 Å². The van der Waals surface area contributed by atoms with Crippen molar-refractivity contribution >= 4 is 5.69 Å². The Morgan fingerprint density at radius 3 is 2.81 bits per heavy atom. The van der Waals surface area contributed by atoms with Gasteiger partial charge in [0.1, 0.15) is 5.82 Å². The molecule has 88 valence electrons. The molecule has 0 atom stereocenters. The average molecular weight is 224 g/mol. The van der Waals surface area contributed by atoms with Crippen LogP contribution in [0.15, 0.2) is 30.1 Å². The Morgan fingerprint density at radius 2 is 2.25 bits per heavy atom. The van der Waals surface area contributed by atoms with E-state index in [4.69, 9.17) is 11.6 Å². The minimum absolute atomic E-state index is 0.324. The van der Waals surface area contributed by atoms with E-state index in [2.05, 4.69) is 5.32 Å². The molecule has 5 N–H and O–H groups in total. The second-order valence-corrected chi connectivity index (χ2v) is 3.48. The second-order valence-electron chi connectivity index (χ2n) is 3.48. The van der Waals surface area contributed by atoms with Crippen LogP contribution in [0.2, 0.25) is 0 Å². The fourth-order valence-corrected chi connectivity index (χ4v) is 1.37. The highest BCUT2D eigenvalue weighted by Crippen LogP contribution is 2.22. The minimum atomic E-state index is -0.324. The summed E-state index contributed by atoms with van der Waals surface area (Å²) >= 11 is 0. The largest absolute Gasteiger partial charge is 0.403 e. The quantitative estimate of drug-likeness (QED) is 0.528. The van der Waals surface area contributed by atoms with Crippen molar-refractivity contribution in [3.63, 3.8) is 0 Å². The van der Waals surface area contributed by atoms with E-state index in [1.165, 1.54) is 23.3 Å². The molecule has 16 heavy (non-hydrogen) atoms. The number of anilines is 1. The molecule has 1 aromatic rings. The standard InChI is InChI=1S/C11H17FN4/c1-8(6-13)16(14)11-5-10(12)4-3-9(11)7-15-2/h3-6,15H,7,13-14H2,1-2H3/b8-6-. The van der Waals surface area contributed by atoms with E-state index >= 15 is 0 Å². The van der Waals surface area contributed by atoms with E-state index in [1.807, 2.05) is 7.05 Å². The van der Waals surface area contributed by atoms with Crippen LogP contribution in [0.4, 0.5) is 10.1 Å². The zero-order valence-electron chi connectivity index (χ0n) is 9.50. The average Bonchev–Trinajstić information content (AvgIpc) is 2.29. The lowest BCUT2D eigenvalue weighted by molar-refractivity contribution is 0.625. The maximum atomic E-state index is 13.2. The van der Waals surface area contributed by atoms with Crippen molar-refractivity contribution in [2.75, 3.05) is 12.1 Å². The first-order valence-electron chi connectivity index (χ1n) is 4.96. The van der Waals surface area contributed by atoms with Crippen molar-refractivity contribution in [1.29, 1.82) is 0 Å². The Hall–Kier alpha value is -1.59. The summed E-state index contributed by atoms with van der Waals surface area (Å²) in [6.45, 7) is 2.37. The van der Waals surface area contributed by atoms with Gasteiger partial charge in [0.05, 0.1) is 5.69 Å². The molecule has 1 rings (SSSR count). The highest BCUT2D eigenvalue weighted by molar-refractivity contribution is 5.56. The Balaban J connectivity index is 3.13. The van der Waals surface area contributed by atoms with Gasteiger partial charge in [-0.15, -0.1) is 0 Å². The summed E-state index contributed by atoms with van der Waals surface area (Å²) in [6, 6.07) is 4.50. The van der Waals surface area contributed by atoms with Gasteiger partial charge in [0.2, 0.25) is 0 Å². The zero-order chi connectivity index (χ0) is 12.1. The van der Waals surface area contributed by atoms with Crippen LogP contribution >= 0.6 is 0 Å². The lowest BCUT2D eigenvalue weighted by atomic mass is 10.1. The number of nitrogens with zero attached hydrogens (tertiary/aromatic N) is 1. The van der Waals surface area contributed by atoms with Gasteiger partial charge >= 0.3 is 0 Å². The highest BCUT2D eigenvalue weighted by Gasteiger charge is 2.10. The number of nitrogens with two attached hydrogens (primary N) is 2. The van der Waals surface area contributed by atoms with Crippen LogP contribution in [0, 0.1) is 5.82 Å². The summed E-state index contributed by atoms with van der Waals surface area (Å²) < 4.78 is 13.2. The molecule has 0 aromatic heterocycles. The van der Waals surface area contributed by atoms with E-state index in [0.717, 1.165) is 5.56 Å². The first-order valence-corrected chi connectivity index (χ1v) is 4.96. The Labute approximate surface area is 94.7 Å². The fraction of sp³-hybridized carbons (Fsp3) is 0.273. The predicted octanol–water partition coefficient (Wildman–Crippen LogP) is 1.05. The van der Waals surface area contributed by atoms with Gasteiger partial charge in [-0.3, -0.25) is 5.01 Å². The van der Waals surface area contributed by atoms with Crippen LogP contribution in [-0.4, -0.2) is 7.05 Å². The SMILES string of the molecule is CNCc1ccc(F)cc1N(N)/C(C)=C\N. The Kier molecular flexibility index (Phi) is 4.28. The summed E-state index contributed by atoms with van der Waals surface area (Å²) in [4.78, 5) is 0. The van der Waals surface area contributed by atoms with E-state index in [-0.39, 0.29) is 5.82 Å². The van der Waals surface area contributed by atoms with Crippen molar-refractivity contribution in [2.24, 2.45) is 11.6 Å². The van der Waals surface area contributed by atoms with E-state index < -0.39 is 0 Å². The second kappa shape index (κ2) is 5.48. The van der Waals surface area contributed by atoms with Gasteiger partial charge in [-0.1, -0.05) is 6.07 Å².